The van der Waals surface area contributed by atoms with Crippen molar-refractivity contribution in [3.8, 4) is 0 Å². The van der Waals surface area contributed by atoms with Gasteiger partial charge in [-0.3, -0.25) is 0 Å². The minimum absolute atomic E-state index is 0.0918. The van der Waals surface area contributed by atoms with Crippen molar-refractivity contribution in [1.82, 2.24) is 0 Å². The molecule has 1 saturated heterocycles. The second-order valence-corrected chi connectivity index (χ2v) is 9.55. The van der Waals surface area contributed by atoms with Crippen molar-refractivity contribution >= 4 is 35.3 Å². The molecule has 1 aliphatic heterocycles. The highest BCUT2D eigenvalue weighted by atomic mass is 32.2. The molecule has 0 aromatic rings. The number of alkyl halides is 3. The summed E-state index contributed by atoms with van der Waals surface area (Å²) in [5, 5.41) is 0.716. The average molecular weight is 373 g/mol. The molecule has 0 radical (unpaired) electrons. The van der Waals surface area contributed by atoms with Crippen LogP contribution in [0.4, 0.5) is 13.2 Å². The van der Waals surface area contributed by atoms with Gasteiger partial charge in [-0.05, 0) is 25.5 Å². The van der Waals surface area contributed by atoms with Gasteiger partial charge in [0.05, 0.1) is 16.6 Å². The van der Waals surface area contributed by atoms with Gasteiger partial charge in [-0.25, -0.2) is 0 Å². The highest BCUT2D eigenvalue weighted by molar-refractivity contribution is 8.19. The standard InChI is InChI=1S/C15H23F3OS3/c1-19-13-7-11(15(16,17)18)5-3-10(13)4-6-14-21-8-12(20-2)9-22-14/h4,6,10-14H,3,5,7-9H2,1-2H3/b6-4+. The molecular formula is C15H23F3OS3. The van der Waals surface area contributed by atoms with Gasteiger partial charge in [0.1, 0.15) is 0 Å². The van der Waals surface area contributed by atoms with E-state index in [0.717, 1.165) is 11.5 Å². The first-order valence-corrected chi connectivity index (χ1v) is 10.9. The van der Waals surface area contributed by atoms with E-state index >= 15 is 0 Å². The lowest BCUT2D eigenvalue weighted by molar-refractivity contribution is -0.194. The van der Waals surface area contributed by atoms with Crippen molar-refractivity contribution in [1.29, 1.82) is 0 Å². The molecule has 2 aliphatic rings. The summed E-state index contributed by atoms with van der Waals surface area (Å²) in [6.45, 7) is 0. The van der Waals surface area contributed by atoms with Crippen molar-refractivity contribution in [3.63, 3.8) is 0 Å². The Kier molecular flexibility index (Phi) is 7.36. The van der Waals surface area contributed by atoms with Crippen LogP contribution in [-0.2, 0) is 4.74 Å². The van der Waals surface area contributed by atoms with Crippen LogP contribution >= 0.6 is 35.3 Å². The van der Waals surface area contributed by atoms with Crippen LogP contribution in [0.1, 0.15) is 19.3 Å². The largest absolute Gasteiger partial charge is 0.391 e. The molecule has 2 fully saturated rings. The molecule has 1 heterocycles. The number of halogens is 3. The third-order valence-corrected chi connectivity index (χ3v) is 8.75. The molecule has 1 saturated carbocycles. The highest BCUT2D eigenvalue weighted by Crippen LogP contribution is 2.42. The second kappa shape index (κ2) is 8.58. The zero-order chi connectivity index (χ0) is 16.2. The van der Waals surface area contributed by atoms with Crippen LogP contribution in [0.3, 0.4) is 0 Å². The SMILES string of the molecule is COC1CC(C(F)(F)F)CCC1/C=C/C1SCC(SC)CS1. The quantitative estimate of drug-likeness (QED) is 0.637. The van der Waals surface area contributed by atoms with Gasteiger partial charge in [0.2, 0.25) is 0 Å². The molecule has 0 bridgehead atoms. The molecule has 3 atom stereocenters. The van der Waals surface area contributed by atoms with E-state index in [9.17, 15) is 13.2 Å². The topological polar surface area (TPSA) is 9.23 Å². The van der Waals surface area contributed by atoms with Crippen LogP contribution in [-0.4, -0.2) is 47.0 Å². The normalized spacial score (nSPS) is 37.6. The first-order valence-electron chi connectivity index (χ1n) is 7.48. The van der Waals surface area contributed by atoms with E-state index in [2.05, 4.69) is 18.4 Å². The van der Waals surface area contributed by atoms with Gasteiger partial charge in [-0.15, -0.1) is 23.5 Å². The number of thioether (sulfide) groups is 3. The fourth-order valence-electron chi connectivity index (χ4n) is 2.92. The van der Waals surface area contributed by atoms with Crippen molar-refractivity contribution in [2.75, 3.05) is 24.9 Å². The molecule has 128 valence electrons. The second-order valence-electron chi connectivity index (χ2n) is 5.77. The molecule has 0 N–H and O–H groups in total. The maximum Gasteiger partial charge on any atom is 0.391 e. The number of hydrogen-bond acceptors (Lipinski definition) is 4. The van der Waals surface area contributed by atoms with Crippen molar-refractivity contribution in [2.24, 2.45) is 11.8 Å². The predicted octanol–water partition coefficient (Wildman–Crippen LogP) is 5.07. The Morgan fingerprint density at radius 2 is 1.82 bits per heavy atom. The zero-order valence-corrected chi connectivity index (χ0v) is 15.3. The Bertz CT molecular complexity index is 368. The van der Waals surface area contributed by atoms with Crippen molar-refractivity contribution < 1.29 is 17.9 Å². The fraction of sp³-hybridized carbons (Fsp3) is 0.867. The Balaban J connectivity index is 1.86. The minimum atomic E-state index is -4.09. The van der Waals surface area contributed by atoms with Gasteiger partial charge in [0, 0.05) is 29.8 Å². The van der Waals surface area contributed by atoms with E-state index in [1.54, 1.807) is 0 Å². The summed E-state index contributed by atoms with van der Waals surface area (Å²) in [6.07, 6.45) is 2.90. The zero-order valence-electron chi connectivity index (χ0n) is 12.8. The van der Waals surface area contributed by atoms with Gasteiger partial charge < -0.3 is 4.74 Å². The van der Waals surface area contributed by atoms with Crippen molar-refractivity contribution in [3.05, 3.63) is 12.2 Å². The Hall–Kier alpha value is 0.540. The maximum absolute atomic E-state index is 12.8. The van der Waals surface area contributed by atoms with Crippen LogP contribution < -0.4 is 0 Å². The van der Waals surface area contributed by atoms with Crippen molar-refractivity contribution in [2.45, 2.75) is 41.4 Å². The van der Waals surface area contributed by atoms with Crippen LogP contribution in [0.2, 0.25) is 0 Å². The third-order valence-electron chi connectivity index (χ3n) is 4.35. The molecule has 7 heteroatoms. The molecule has 3 unspecified atom stereocenters. The number of hydrogen-bond donors (Lipinski definition) is 0. The van der Waals surface area contributed by atoms with Crippen LogP contribution in [0.5, 0.6) is 0 Å². The summed E-state index contributed by atoms with van der Waals surface area (Å²) >= 11 is 5.77. The average Bonchev–Trinajstić information content (AvgIpc) is 2.52. The summed E-state index contributed by atoms with van der Waals surface area (Å²) in [5.41, 5.74) is 0. The van der Waals surface area contributed by atoms with Gasteiger partial charge >= 0.3 is 6.18 Å². The number of methoxy groups -OCH3 is 1. The monoisotopic (exact) mass is 372 g/mol. The summed E-state index contributed by atoms with van der Waals surface area (Å²) in [7, 11) is 1.53. The molecule has 0 spiro atoms. The maximum atomic E-state index is 12.8. The molecular weight excluding hydrogens is 349 g/mol. The Morgan fingerprint density at radius 1 is 1.14 bits per heavy atom. The number of ether oxygens (including phenoxy) is 1. The van der Waals surface area contributed by atoms with E-state index in [1.807, 2.05) is 35.3 Å². The first kappa shape index (κ1) is 18.9. The summed E-state index contributed by atoms with van der Waals surface area (Å²) in [4.78, 5) is 0. The Labute approximate surface area is 143 Å². The molecule has 2 rings (SSSR count). The summed E-state index contributed by atoms with van der Waals surface area (Å²) in [5.74, 6) is 1.21. The fourth-order valence-corrected chi connectivity index (χ4v) is 6.94. The predicted molar refractivity (Wildman–Crippen MR) is 92.8 cm³/mol. The molecule has 22 heavy (non-hydrogen) atoms. The van der Waals surface area contributed by atoms with Gasteiger partial charge in [0.15, 0.2) is 0 Å². The number of rotatable bonds is 4. The van der Waals surface area contributed by atoms with E-state index < -0.39 is 12.1 Å². The summed E-state index contributed by atoms with van der Waals surface area (Å²) < 4.78 is 44.3. The van der Waals surface area contributed by atoms with Crippen LogP contribution in [0, 0.1) is 11.8 Å². The molecule has 0 aromatic heterocycles. The van der Waals surface area contributed by atoms with Gasteiger partial charge in [-0.2, -0.15) is 24.9 Å². The van der Waals surface area contributed by atoms with Gasteiger partial charge in [-0.1, -0.05) is 12.2 Å². The van der Waals surface area contributed by atoms with E-state index in [1.165, 1.54) is 7.11 Å². The Morgan fingerprint density at radius 3 is 2.36 bits per heavy atom. The van der Waals surface area contributed by atoms with E-state index in [-0.39, 0.29) is 24.9 Å². The minimum Gasteiger partial charge on any atom is -0.381 e. The van der Waals surface area contributed by atoms with E-state index in [0.29, 0.717) is 16.3 Å². The molecule has 1 aliphatic carbocycles. The van der Waals surface area contributed by atoms with Crippen LogP contribution in [0.15, 0.2) is 12.2 Å². The highest BCUT2D eigenvalue weighted by Gasteiger charge is 2.44. The molecule has 0 aromatic carbocycles. The first-order chi connectivity index (χ1) is 10.4. The lowest BCUT2D eigenvalue weighted by Crippen LogP contribution is -2.36. The third kappa shape index (κ3) is 5.28. The smallest absolute Gasteiger partial charge is 0.381 e. The van der Waals surface area contributed by atoms with Crippen LogP contribution in [0.25, 0.3) is 0 Å². The lowest BCUT2D eigenvalue weighted by atomic mass is 9.79. The van der Waals surface area contributed by atoms with Gasteiger partial charge in [0.25, 0.3) is 0 Å². The summed E-state index contributed by atoms with van der Waals surface area (Å²) in [6, 6.07) is 0. The van der Waals surface area contributed by atoms with E-state index in [4.69, 9.17) is 4.74 Å². The molecule has 1 nitrogen and oxygen atoms in total. The lowest BCUT2D eigenvalue weighted by Gasteiger charge is -2.35. The molecule has 0 amide bonds.